The van der Waals surface area contributed by atoms with Crippen molar-refractivity contribution < 1.29 is 14.2 Å². The van der Waals surface area contributed by atoms with E-state index in [9.17, 15) is 0 Å². The predicted molar refractivity (Wildman–Crippen MR) is 71.7 cm³/mol. The molecule has 96 valence electrons. The van der Waals surface area contributed by atoms with Gasteiger partial charge in [-0.25, -0.2) is 0 Å². The van der Waals surface area contributed by atoms with Gasteiger partial charge in [0.05, 0.1) is 21.3 Å². The smallest absolute Gasteiger partial charge is 0.129 e. The number of rotatable bonds is 7. The van der Waals surface area contributed by atoms with Gasteiger partial charge >= 0.3 is 0 Å². The summed E-state index contributed by atoms with van der Waals surface area (Å²) >= 11 is 4.10. The van der Waals surface area contributed by atoms with Crippen LogP contribution in [0.3, 0.4) is 0 Å². The minimum absolute atomic E-state index is 0.654. The Bertz CT molecular complexity index is 333. The molecule has 1 rings (SSSR count). The first-order chi connectivity index (χ1) is 8.26. The fourth-order valence-corrected chi connectivity index (χ4v) is 1.77. The molecule has 1 aromatic rings. The van der Waals surface area contributed by atoms with E-state index in [1.165, 1.54) is 0 Å². The Kier molecular flexibility index (Phi) is 6.00. The topological polar surface area (TPSA) is 39.7 Å². The first kappa shape index (κ1) is 14.0. The van der Waals surface area contributed by atoms with Crippen LogP contribution in [0.25, 0.3) is 0 Å². The standard InChI is InChI=1S/C12H19NO3S/c1-14-9-6-11(15-2)10(4-5-13-8-17)12(7-9)16-3/h6-7,13,17H,4-5,8H2,1-3H3. The minimum atomic E-state index is 0.654. The lowest BCUT2D eigenvalue weighted by atomic mass is 10.1. The molecule has 0 atom stereocenters. The molecule has 0 saturated carbocycles. The zero-order chi connectivity index (χ0) is 12.7. The average molecular weight is 257 g/mol. The lowest BCUT2D eigenvalue weighted by molar-refractivity contribution is 0.368. The van der Waals surface area contributed by atoms with Crippen LogP contribution in [0.2, 0.25) is 0 Å². The van der Waals surface area contributed by atoms with Crippen LogP contribution in [-0.2, 0) is 6.42 Å². The summed E-state index contributed by atoms with van der Waals surface area (Å²) in [4.78, 5) is 0. The quantitative estimate of drug-likeness (QED) is 0.443. The van der Waals surface area contributed by atoms with E-state index in [0.29, 0.717) is 5.88 Å². The van der Waals surface area contributed by atoms with Crippen molar-refractivity contribution in [3.05, 3.63) is 17.7 Å². The highest BCUT2D eigenvalue weighted by Gasteiger charge is 2.12. The van der Waals surface area contributed by atoms with Gasteiger partial charge in [-0.3, -0.25) is 0 Å². The summed E-state index contributed by atoms with van der Waals surface area (Å²) in [5.74, 6) is 2.94. The number of nitrogens with one attached hydrogen (secondary N) is 1. The molecule has 17 heavy (non-hydrogen) atoms. The minimum Gasteiger partial charge on any atom is -0.496 e. The van der Waals surface area contributed by atoms with E-state index in [2.05, 4.69) is 17.9 Å². The van der Waals surface area contributed by atoms with Gasteiger partial charge in [0.2, 0.25) is 0 Å². The number of ether oxygens (including phenoxy) is 3. The van der Waals surface area contributed by atoms with Gasteiger partial charge in [0, 0.05) is 30.1 Å². The highest BCUT2D eigenvalue weighted by Crippen LogP contribution is 2.34. The maximum absolute atomic E-state index is 5.35. The van der Waals surface area contributed by atoms with Gasteiger partial charge in [-0.2, -0.15) is 12.6 Å². The van der Waals surface area contributed by atoms with Gasteiger partial charge in [-0.05, 0) is 6.42 Å². The third-order valence-electron chi connectivity index (χ3n) is 2.48. The molecule has 0 fully saturated rings. The van der Waals surface area contributed by atoms with E-state index in [1.54, 1.807) is 21.3 Å². The average Bonchev–Trinajstić information content (AvgIpc) is 2.38. The van der Waals surface area contributed by atoms with Crippen molar-refractivity contribution >= 4 is 12.6 Å². The third-order valence-corrected chi connectivity index (χ3v) is 2.70. The Morgan fingerprint density at radius 2 is 1.65 bits per heavy atom. The van der Waals surface area contributed by atoms with Gasteiger partial charge in [0.15, 0.2) is 0 Å². The summed E-state index contributed by atoms with van der Waals surface area (Å²) < 4.78 is 15.9. The first-order valence-electron chi connectivity index (χ1n) is 5.37. The van der Waals surface area contributed by atoms with E-state index in [4.69, 9.17) is 14.2 Å². The second-order valence-corrected chi connectivity index (χ2v) is 3.73. The highest BCUT2D eigenvalue weighted by molar-refractivity contribution is 7.80. The largest absolute Gasteiger partial charge is 0.496 e. The van der Waals surface area contributed by atoms with Crippen LogP contribution in [0.5, 0.6) is 17.2 Å². The Morgan fingerprint density at radius 3 is 2.06 bits per heavy atom. The van der Waals surface area contributed by atoms with Crippen LogP contribution in [0, 0.1) is 0 Å². The molecule has 0 aliphatic carbocycles. The van der Waals surface area contributed by atoms with Crippen molar-refractivity contribution in [2.75, 3.05) is 33.8 Å². The van der Waals surface area contributed by atoms with Crippen molar-refractivity contribution in [1.29, 1.82) is 0 Å². The van der Waals surface area contributed by atoms with Crippen molar-refractivity contribution in [3.8, 4) is 17.2 Å². The van der Waals surface area contributed by atoms with Gasteiger partial charge < -0.3 is 19.5 Å². The number of hydrogen-bond donors (Lipinski definition) is 2. The van der Waals surface area contributed by atoms with Crippen LogP contribution in [0.4, 0.5) is 0 Å². The monoisotopic (exact) mass is 257 g/mol. The van der Waals surface area contributed by atoms with Crippen LogP contribution in [0.15, 0.2) is 12.1 Å². The molecule has 0 radical (unpaired) electrons. The Hall–Kier alpha value is -1.07. The summed E-state index contributed by atoms with van der Waals surface area (Å²) in [6, 6.07) is 3.72. The molecule has 0 aliphatic rings. The molecule has 1 N–H and O–H groups in total. The van der Waals surface area contributed by atoms with E-state index in [1.807, 2.05) is 12.1 Å². The Labute approximate surface area is 108 Å². The van der Waals surface area contributed by atoms with Crippen LogP contribution in [0.1, 0.15) is 5.56 Å². The van der Waals surface area contributed by atoms with Gasteiger partial charge in [-0.15, -0.1) is 0 Å². The normalized spacial score (nSPS) is 10.1. The van der Waals surface area contributed by atoms with E-state index in [0.717, 1.165) is 35.8 Å². The molecule has 0 bridgehead atoms. The molecule has 0 aromatic heterocycles. The van der Waals surface area contributed by atoms with Crippen molar-refractivity contribution in [2.45, 2.75) is 6.42 Å². The zero-order valence-corrected chi connectivity index (χ0v) is 11.3. The van der Waals surface area contributed by atoms with E-state index < -0.39 is 0 Å². The highest BCUT2D eigenvalue weighted by atomic mass is 32.1. The molecule has 0 heterocycles. The molecule has 0 saturated heterocycles. The van der Waals surface area contributed by atoms with Gasteiger partial charge in [0.25, 0.3) is 0 Å². The second kappa shape index (κ2) is 7.29. The molecular formula is C12H19NO3S. The van der Waals surface area contributed by atoms with Crippen molar-refractivity contribution in [1.82, 2.24) is 5.32 Å². The van der Waals surface area contributed by atoms with E-state index in [-0.39, 0.29) is 0 Å². The Morgan fingerprint density at radius 1 is 1.06 bits per heavy atom. The fourth-order valence-electron chi connectivity index (χ4n) is 1.62. The van der Waals surface area contributed by atoms with Crippen LogP contribution in [-0.4, -0.2) is 33.8 Å². The SMILES string of the molecule is COc1cc(OC)c(CCNCS)c(OC)c1. The molecule has 4 nitrogen and oxygen atoms in total. The van der Waals surface area contributed by atoms with Crippen LogP contribution >= 0.6 is 12.6 Å². The number of thiol groups is 1. The van der Waals surface area contributed by atoms with Gasteiger partial charge in [0.1, 0.15) is 17.2 Å². The molecular weight excluding hydrogens is 238 g/mol. The third kappa shape index (κ3) is 3.71. The number of hydrogen-bond acceptors (Lipinski definition) is 5. The summed E-state index contributed by atoms with van der Waals surface area (Å²) in [6.45, 7) is 0.822. The molecule has 0 amide bonds. The van der Waals surface area contributed by atoms with Gasteiger partial charge in [-0.1, -0.05) is 0 Å². The lowest BCUT2D eigenvalue weighted by Crippen LogP contribution is -2.15. The Balaban J connectivity index is 2.98. The summed E-state index contributed by atoms with van der Waals surface area (Å²) in [5.41, 5.74) is 1.03. The van der Waals surface area contributed by atoms with Crippen LogP contribution < -0.4 is 19.5 Å². The summed E-state index contributed by atoms with van der Waals surface area (Å²) in [7, 11) is 4.91. The maximum Gasteiger partial charge on any atom is 0.129 e. The molecule has 0 unspecified atom stereocenters. The first-order valence-corrected chi connectivity index (χ1v) is 6.00. The van der Waals surface area contributed by atoms with Crippen molar-refractivity contribution in [2.24, 2.45) is 0 Å². The zero-order valence-electron chi connectivity index (χ0n) is 10.4. The van der Waals surface area contributed by atoms with E-state index >= 15 is 0 Å². The second-order valence-electron chi connectivity index (χ2n) is 3.42. The summed E-state index contributed by atoms with van der Waals surface area (Å²) in [5, 5.41) is 3.15. The lowest BCUT2D eigenvalue weighted by Gasteiger charge is -2.15. The number of benzene rings is 1. The maximum atomic E-state index is 5.35. The molecule has 5 heteroatoms. The van der Waals surface area contributed by atoms with Crippen molar-refractivity contribution in [3.63, 3.8) is 0 Å². The number of methoxy groups -OCH3 is 3. The predicted octanol–water partition coefficient (Wildman–Crippen LogP) is 1.73. The molecule has 1 aromatic carbocycles. The fraction of sp³-hybridized carbons (Fsp3) is 0.500. The summed E-state index contributed by atoms with van der Waals surface area (Å²) in [6.07, 6.45) is 0.816. The molecule has 0 aliphatic heterocycles. The molecule has 0 spiro atoms.